The number of methoxy groups -OCH3 is 1. The smallest absolute Gasteiger partial charge is 0.262 e. The van der Waals surface area contributed by atoms with Crippen LogP contribution in [0.25, 0.3) is 0 Å². The average molecular weight is 432 g/mol. The summed E-state index contributed by atoms with van der Waals surface area (Å²) in [5, 5.41) is 8.38. The molecule has 0 spiro atoms. The molecule has 1 aromatic carbocycles. The van der Waals surface area contributed by atoms with Crippen LogP contribution in [0.4, 0.5) is 4.39 Å². The van der Waals surface area contributed by atoms with Gasteiger partial charge >= 0.3 is 0 Å². The highest BCUT2D eigenvalue weighted by Crippen LogP contribution is 2.37. The molecule has 3 N–H and O–H groups in total. The van der Waals surface area contributed by atoms with Crippen LogP contribution in [-0.2, 0) is 4.79 Å². The Kier molecular flexibility index (Phi) is 8.25. The molecule has 0 heterocycles. The van der Waals surface area contributed by atoms with E-state index in [9.17, 15) is 14.0 Å². The van der Waals surface area contributed by atoms with E-state index in [4.69, 9.17) is 4.74 Å². The lowest BCUT2D eigenvalue weighted by atomic mass is 9.71. The van der Waals surface area contributed by atoms with Gasteiger partial charge in [0.25, 0.3) is 11.8 Å². The van der Waals surface area contributed by atoms with Gasteiger partial charge in [-0.05, 0) is 49.1 Å². The third kappa shape index (κ3) is 6.32. The number of ether oxygens (including phenoxy) is 1. The lowest BCUT2D eigenvalue weighted by Crippen LogP contribution is -2.41. The minimum absolute atomic E-state index is 0.0704. The zero-order valence-electron chi connectivity index (χ0n) is 19.1. The number of rotatable bonds is 7. The molecule has 170 valence electrons. The van der Waals surface area contributed by atoms with Crippen molar-refractivity contribution in [3.8, 4) is 5.75 Å². The summed E-state index contributed by atoms with van der Waals surface area (Å²) < 4.78 is 19.3. The van der Waals surface area contributed by atoms with Crippen molar-refractivity contribution >= 4 is 11.8 Å². The van der Waals surface area contributed by atoms with Crippen molar-refractivity contribution in [1.29, 1.82) is 0 Å². The first-order valence-corrected chi connectivity index (χ1v) is 10.6. The summed E-state index contributed by atoms with van der Waals surface area (Å²) in [7, 11) is 2.99. The quantitative estimate of drug-likeness (QED) is 0.452. The molecule has 1 aliphatic carbocycles. The van der Waals surface area contributed by atoms with Gasteiger partial charge in [0.1, 0.15) is 17.1 Å². The number of amides is 2. The minimum Gasteiger partial charge on any atom is -0.496 e. The van der Waals surface area contributed by atoms with Crippen molar-refractivity contribution in [3.05, 3.63) is 53.6 Å². The average Bonchev–Trinajstić information content (AvgIpc) is 2.72. The number of hydrogen-bond donors (Lipinski definition) is 3. The van der Waals surface area contributed by atoms with Crippen molar-refractivity contribution in [2.45, 2.75) is 52.5 Å². The highest BCUT2D eigenvalue weighted by atomic mass is 19.1. The second-order valence-corrected chi connectivity index (χ2v) is 8.98. The molecule has 0 aromatic heterocycles. The molecule has 1 aliphatic rings. The maximum absolute atomic E-state index is 14.2. The summed E-state index contributed by atoms with van der Waals surface area (Å²) >= 11 is 0. The molecule has 0 atom stereocenters. The Hall–Kier alpha value is -2.83. The molecule has 2 amide bonds. The Balaban J connectivity index is 2.05. The second kappa shape index (κ2) is 10.5. The number of nitrogens with one attached hydrogen (secondary N) is 3. The van der Waals surface area contributed by atoms with Crippen LogP contribution < -0.4 is 20.7 Å². The number of hydrogen-bond acceptors (Lipinski definition) is 4. The SMILES string of the molecule is C=C(C(=O)NC1CCC(C(C)(C)C)CC1)/C(=C\NC)NC(=O)c1c(F)cccc1OC. The summed E-state index contributed by atoms with van der Waals surface area (Å²) in [4.78, 5) is 25.5. The lowest BCUT2D eigenvalue weighted by molar-refractivity contribution is -0.118. The summed E-state index contributed by atoms with van der Waals surface area (Å²) in [6, 6.07) is 4.19. The van der Waals surface area contributed by atoms with Gasteiger partial charge in [-0.25, -0.2) is 4.39 Å². The Morgan fingerprint density at radius 3 is 2.39 bits per heavy atom. The molecule has 1 saturated carbocycles. The minimum atomic E-state index is -0.726. The normalized spacial score (nSPS) is 19.4. The van der Waals surface area contributed by atoms with Gasteiger partial charge in [-0.1, -0.05) is 33.4 Å². The molecule has 0 saturated heterocycles. The standard InChI is InChI=1S/C24H34FN3O3/c1-15(22(29)27-17-12-10-16(11-13-17)24(2,3)4)19(14-26-5)28-23(30)21-18(25)8-7-9-20(21)31-6/h7-9,14,16-17,26H,1,10-13H2,2-6H3,(H,27,29)(H,28,30)/b19-14+. The van der Waals surface area contributed by atoms with Gasteiger partial charge in [0.15, 0.2) is 0 Å². The molecule has 31 heavy (non-hydrogen) atoms. The van der Waals surface area contributed by atoms with Crippen molar-refractivity contribution in [2.24, 2.45) is 11.3 Å². The Bertz CT molecular complexity index is 850. The van der Waals surface area contributed by atoms with E-state index in [1.807, 2.05) is 0 Å². The van der Waals surface area contributed by atoms with Gasteiger partial charge < -0.3 is 20.7 Å². The van der Waals surface area contributed by atoms with E-state index in [1.165, 1.54) is 31.5 Å². The predicted molar refractivity (Wildman–Crippen MR) is 120 cm³/mol. The van der Waals surface area contributed by atoms with Crippen LogP contribution in [-0.4, -0.2) is 32.0 Å². The molecular weight excluding hydrogens is 397 g/mol. The van der Waals surface area contributed by atoms with E-state index in [1.54, 1.807) is 7.05 Å². The molecule has 0 unspecified atom stereocenters. The first-order valence-electron chi connectivity index (χ1n) is 10.6. The van der Waals surface area contributed by atoms with Crippen LogP contribution in [0.3, 0.4) is 0 Å². The zero-order chi connectivity index (χ0) is 23.2. The first-order chi connectivity index (χ1) is 14.6. The highest BCUT2D eigenvalue weighted by Gasteiger charge is 2.31. The van der Waals surface area contributed by atoms with Gasteiger partial charge in [-0.15, -0.1) is 0 Å². The molecule has 0 aliphatic heterocycles. The van der Waals surface area contributed by atoms with Crippen molar-refractivity contribution in [1.82, 2.24) is 16.0 Å². The van der Waals surface area contributed by atoms with Gasteiger partial charge in [0, 0.05) is 19.3 Å². The summed E-state index contributed by atoms with van der Waals surface area (Å²) in [5.41, 5.74) is 0.287. The van der Waals surface area contributed by atoms with Crippen LogP contribution in [0.1, 0.15) is 56.8 Å². The fourth-order valence-corrected chi connectivity index (χ4v) is 3.92. The summed E-state index contributed by atoms with van der Waals surface area (Å²) in [5.74, 6) is -1.06. The number of benzene rings is 1. The Labute approximate surface area is 184 Å². The van der Waals surface area contributed by atoms with Crippen LogP contribution in [0.15, 0.2) is 42.2 Å². The van der Waals surface area contributed by atoms with E-state index in [-0.39, 0.29) is 39.9 Å². The predicted octanol–water partition coefficient (Wildman–Crippen LogP) is 3.90. The maximum Gasteiger partial charge on any atom is 0.262 e. The topological polar surface area (TPSA) is 79.5 Å². The van der Waals surface area contributed by atoms with Crippen LogP contribution in [0, 0.1) is 17.2 Å². The van der Waals surface area contributed by atoms with Gasteiger partial charge in [0.05, 0.1) is 18.4 Å². The van der Waals surface area contributed by atoms with E-state index in [0.717, 1.165) is 25.7 Å². The number of carbonyl (C=O) groups excluding carboxylic acids is 2. The fraction of sp³-hybridized carbons (Fsp3) is 0.500. The molecule has 0 bridgehead atoms. The van der Waals surface area contributed by atoms with Crippen LogP contribution in [0.5, 0.6) is 5.75 Å². The first kappa shape index (κ1) is 24.4. The lowest BCUT2D eigenvalue weighted by Gasteiger charge is -2.37. The van der Waals surface area contributed by atoms with Gasteiger partial charge in [-0.2, -0.15) is 0 Å². The van der Waals surface area contributed by atoms with E-state index < -0.39 is 11.7 Å². The zero-order valence-corrected chi connectivity index (χ0v) is 19.1. The molecule has 2 rings (SSSR count). The number of carbonyl (C=O) groups is 2. The fourth-order valence-electron chi connectivity index (χ4n) is 3.92. The van der Waals surface area contributed by atoms with Crippen molar-refractivity contribution < 1.29 is 18.7 Å². The number of halogens is 1. The monoisotopic (exact) mass is 431 g/mol. The molecule has 1 fully saturated rings. The molecule has 7 heteroatoms. The van der Waals surface area contributed by atoms with Gasteiger partial charge in [-0.3, -0.25) is 9.59 Å². The summed E-state index contributed by atoms with van der Waals surface area (Å²) in [6.45, 7) is 10.6. The van der Waals surface area contributed by atoms with Crippen LogP contribution >= 0.6 is 0 Å². The van der Waals surface area contributed by atoms with E-state index in [0.29, 0.717) is 5.92 Å². The molecular formula is C24H34FN3O3. The maximum atomic E-state index is 14.2. The molecule has 6 nitrogen and oxygen atoms in total. The van der Waals surface area contributed by atoms with Gasteiger partial charge in [0.2, 0.25) is 0 Å². The van der Waals surface area contributed by atoms with Crippen molar-refractivity contribution in [2.75, 3.05) is 14.2 Å². The highest BCUT2D eigenvalue weighted by molar-refractivity contribution is 6.02. The van der Waals surface area contributed by atoms with Crippen LogP contribution in [0.2, 0.25) is 0 Å². The summed E-state index contributed by atoms with van der Waals surface area (Å²) in [6.07, 6.45) is 5.38. The Morgan fingerprint density at radius 2 is 1.84 bits per heavy atom. The second-order valence-electron chi connectivity index (χ2n) is 8.98. The van der Waals surface area contributed by atoms with Crippen molar-refractivity contribution in [3.63, 3.8) is 0 Å². The third-order valence-corrected chi connectivity index (χ3v) is 5.85. The molecule has 1 aromatic rings. The Morgan fingerprint density at radius 1 is 1.19 bits per heavy atom. The molecule has 0 radical (unpaired) electrons. The van der Waals surface area contributed by atoms with E-state index in [2.05, 4.69) is 43.3 Å². The largest absolute Gasteiger partial charge is 0.496 e. The third-order valence-electron chi connectivity index (χ3n) is 5.85. The van der Waals surface area contributed by atoms with E-state index >= 15 is 0 Å².